The Morgan fingerprint density at radius 3 is 2.48 bits per heavy atom. The monoisotopic (exact) mass is 322 g/mol. The molecule has 1 aromatic rings. The number of carboxylic acid groups (broad SMARTS) is 2. The third-order valence-corrected chi connectivity index (χ3v) is 3.67. The van der Waals surface area contributed by atoms with Crippen LogP contribution in [0, 0.1) is 5.92 Å². The molecule has 1 aromatic carbocycles. The Morgan fingerprint density at radius 1 is 1.22 bits per heavy atom. The number of benzene rings is 1. The van der Waals surface area contributed by atoms with Crippen LogP contribution in [0.1, 0.15) is 12.0 Å². The summed E-state index contributed by atoms with van der Waals surface area (Å²) in [5.74, 6) is -1.43. The van der Waals surface area contributed by atoms with Gasteiger partial charge in [-0.3, -0.25) is 4.90 Å². The summed E-state index contributed by atoms with van der Waals surface area (Å²) in [6.45, 7) is 0.378. The number of hydrogen-bond acceptors (Lipinski definition) is 4. The number of likely N-dealkylation sites (tertiary alicyclic amines) is 1. The first-order valence-electron chi connectivity index (χ1n) is 7.14. The Kier molecular flexibility index (Phi) is 5.40. The molecule has 0 spiro atoms. The first kappa shape index (κ1) is 16.6. The number of alkyl carbamates (subject to hydrolysis) is 1. The summed E-state index contributed by atoms with van der Waals surface area (Å²) < 4.78 is 5.04. The fourth-order valence-electron chi connectivity index (χ4n) is 2.52. The van der Waals surface area contributed by atoms with E-state index < -0.39 is 24.2 Å². The van der Waals surface area contributed by atoms with Gasteiger partial charge in [-0.05, 0) is 17.9 Å². The van der Waals surface area contributed by atoms with Gasteiger partial charge in [-0.2, -0.15) is 0 Å². The number of carbonyl (C=O) groups is 3. The van der Waals surface area contributed by atoms with Crippen LogP contribution in [0.2, 0.25) is 0 Å². The predicted molar refractivity (Wildman–Crippen MR) is 78.9 cm³/mol. The van der Waals surface area contributed by atoms with E-state index in [9.17, 15) is 14.4 Å². The number of carboxylic acids is 1. The van der Waals surface area contributed by atoms with Crippen LogP contribution in [-0.2, 0) is 16.1 Å². The maximum absolute atomic E-state index is 11.6. The molecule has 3 N–H and O–H groups in total. The van der Waals surface area contributed by atoms with Crippen molar-refractivity contribution in [2.45, 2.75) is 19.1 Å². The van der Waals surface area contributed by atoms with Gasteiger partial charge in [-0.15, -0.1) is 0 Å². The van der Waals surface area contributed by atoms with Crippen LogP contribution in [0.15, 0.2) is 30.3 Å². The molecule has 2 rings (SSSR count). The summed E-state index contributed by atoms with van der Waals surface area (Å²) >= 11 is 0. The Labute approximate surface area is 132 Å². The molecule has 0 bridgehead atoms. The van der Waals surface area contributed by atoms with Gasteiger partial charge in [0.1, 0.15) is 12.6 Å². The van der Waals surface area contributed by atoms with Crippen molar-refractivity contribution >= 4 is 18.2 Å². The zero-order valence-electron chi connectivity index (χ0n) is 12.3. The molecule has 23 heavy (non-hydrogen) atoms. The molecule has 1 fully saturated rings. The molecule has 1 aliphatic heterocycles. The highest BCUT2D eigenvalue weighted by Gasteiger charge is 2.39. The lowest BCUT2D eigenvalue weighted by Gasteiger charge is -2.16. The smallest absolute Gasteiger partial charge is 0.408 e. The third kappa shape index (κ3) is 4.60. The highest BCUT2D eigenvalue weighted by Crippen LogP contribution is 2.23. The molecule has 124 valence electrons. The third-order valence-electron chi connectivity index (χ3n) is 3.67. The quantitative estimate of drug-likeness (QED) is 0.754. The molecule has 0 radical (unpaired) electrons. The summed E-state index contributed by atoms with van der Waals surface area (Å²) in [4.78, 5) is 34.6. The zero-order valence-corrected chi connectivity index (χ0v) is 12.3. The normalized spacial score (nSPS) is 20.1. The first-order chi connectivity index (χ1) is 11.0. The predicted octanol–water partition coefficient (Wildman–Crippen LogP) is 1.37. The molecule has 2 unspecified atom stereocenters. The standard InChI is InChI=1S/C15H18N2O6/c18-13(19)12-6-11(8-17(12)15(21)22)7-16-14(20)23-9-10-4-2-1-3-5-10/h1-5,11-12H,6-9H2,(H,16,20)(H,18,19)(H,21,22). The lowest BCUT2D eigenvalue weighted by Crippen LogP contribution is -2.39. The fourth-order valence-corrected chi connectivity index (χ4v) is 2.52. The second-order valence-electron chi connectivity index (χ2n) is 5.33. The molecule has 2 atom stereocenters. The van der Waals surface area contributed by atoms with Crippen LogP contribution >= 0.6 is 0 Å². The van der Waals surface area contributed by atoms with E-state index in [0.717, 1.165) is 10.5 Å². The number of carbonyl (C=O) groups excluding carboxylic acids is 1. The Balaban J connectivity index is 1.76. The van der Waals surface area contributed by atoms with E-state index in [0.29, 0.717) is 0 Å². The lowest BCUT2D eigenvalue weighted by atomic mass is 10.1. The summed E-state index contributed by atoms with van der Waals surface area (Å²) in [5.41, 5.74) is 0.853. The highest BCUT2D eigenvalue weighted by molar-refractivity contribution is 5.80. The van der Waals surface area contributed by atoms with Crippen molar-refractivity contribution in [2.75, 3.05) is 13.1 Å². The largest absolute Gasteiger partial charge is 0.480 e. The van der Waals surface area contributed by atoms with Gasteiger partial charge in [-0.1, -0.05) is 30.3 Å². The number of hydrogen-bond donors (Lipinski definition) is 3. The van der Waals surface area contributed by atoms with Crippen LogP contribution in [0.25, 0.3) is 0 Å². The molecule has 8 nitrogen and oxygen atoms in total. The minimum atomic E-state index is -1.27. The van der Waals surface area contributed by atoms with Crippen molar-refractivity contribution in [1.82, 2.24) is 10.2 Å². The SMILES string of the molecule is O=C(NCC1CC(C(=O)O)N(C(=O)O)C1)OCc1ccccc1. The van der Waals surface area contributed by atoms with Crippen LogP contribution < -0.4 is 5.32 Å². The molecule has 1 aliphatic rings. The number of nitrogens with one attached hydrogen (secondary N) is 1. The van der Waals surface area contributed by atoms with E-state index in [1.807, 2.05) is 30.3 Å². The van der Waals surface area contributed by atoms with Crippen molar-refractivity contribution in [1.29, 1.82) is 0 Å². The highest BCUT2D eigenvalue weighted by atomic mass is 16.5. The molecule has 0 saturated carbocycles. The first-order valence-corrected chi connectivity index (χ1v) is 7.14. The maximum atomic E-state index is 11.6. The Bertz CT molecular complexity index is 555. The van der Waals surface area contributed by atoms with Gasteiger partial charge in [0.25, 0.3) is 0 Å². The van der Waals surface area contributed by atoms with Gasteiger partial charge in [0.2, 0.25) is 0 Å². The van der Waals surface area contributed by atoms with Gasteiger partial charge >= 0.3 is 18.2 Å². The molecular formula is C15H18N2O6. The molecular weight excluding hydrogens is 304 g/mol. The van der Waals surface area contributed by atoms with Crippen LogP contribution in [0.4, 0.5) is 9.59 Å². The van der Waals surface area contributed by atoms with Crippen LogP contribution in [0.3, 0.4) is 0 Å². The fraction of sp³-hybridized carbons (Fsp3) is 0.400. The van der Waals surface area contributed by atoms with Gasteiger partial charge < -0.3 is 20.3 Å². The molecule has 0 aliphatic carbocycles. The van der Waals surface area contributed by atoms with Crippen LogP contribution in [0.5, 0.6) is 0 Å². The molecule has 2 amide bonds. The number of nitrogens with zero attached hydrogens (tertiary/aromatic N) is 1. The number of rotatable bonds is 5. The topological polar surface area (TPSA) is 116 Å². The Morgan fingerprint density at radius 2 is 1.91 bits per heavy atom. The zero-order chi connectivity index (χ0) is 16.8. The summed E-state index contributed by atoms with van der Waals surface area (Å²) in [5, 5.41) is 20.5. The van der Waals surface area contributed by atoms with E-state index in [1.54, 1.807) is 0 Å². The van der Waals surface area contributed by atoms with Crippen LogP contribution in [-0.4, -0.2) is 52.4 Å². The van der Waals surface area contributed by atoms with Gasteiger partial charge in [0.05, 0.1) is 0 Å². The number of aliphatic carboxylic acids is 1. The van der Waals surface area contributed by atoms with E-state index in [2.05, 4.69) is 5.32 Å². The van der Waals surface area contributed by atoms with Crippen molar-refractivity contribution in [3.05, 3.63) is 35.9 Å². The Hall–Kier alpha value is -2.77. The van der Waals surface area contributed by atoms with Gasteiger partial charge in [-0.25, -0.2) is 14.4 Å². The minimum Gasteiger partial charge on any atom is -0.480 e. The van der Waals surface area contributed by atoms with Crippen molar-refractivity contribution in [3.8, 4) is 0 Å². The lowest BCUT2D eigenvalue weighted by molar-refractivity contribution is -0.141. The average Bonchev–Trinajstić information content (AvgIpc) is 2.97. The summed E-state index contributed by atoms with van der Waals surface area (Å²) in [6, 6.07) is 8.11. The van der Waals surface area contributed by atoms with E-state index in [-0.39, 0.29) is 32.0 Å². The van der Waals surface area contributed by atoms with Crippen molar-refractivity contribution in [2.24, 2.45) is 5.92 Å². The maximum Gasteiger partial charge on any atom is 0.408 e. The van der Waals surface area contributed by atoms with E-state index in [1.165, 1.54) is 0 Å². The van der Waals surface area contributed by atoms with Crippen molar-refractivity contribution in [3.63, 3.8) is 0 Å². The summed E-state index contributed by atoms with van der Waals surface area (Å²) in [7, 11) is 0. The number of ether oxygens (including phenoxy) is 1. The minimum absolute atomic E-state index is 0.0747. The molecule has 1 saturated heterocycles. The second kappa shape index (κ2) is 7.48. The van der Waals surface area contributed by atoms with Gasteiger partial charge in [0.15, 0.2) is 0 Å². The molecule has 8 heteroatoms. The van der Waals surface area contributed by atoms with Gasteiger partial charge in [0, 0.05) is 13.1 Å². The average molecular weight is 322 g/mol. The number of amides is 2. The van der Waals surface area contributed by atoms with Crippen molar-refractivity contribution < 1.29 is 29.3 Å². The second-order valence-corrected chi connectivity index (χ2v) is 5.33. The molecule has 0 aromatic heterocycles. The van der Waals surface area contributed by atoms with E-state index in [4.69, 9.17) is 14.9 Å². The molecule has 1 heterocycles. The summed E-state index contributed by atoms with van der Waals surface area (Å²) in [6.07, 6.45) is -1.72. The van der Waals surface area contributed by atoms with E-state index >= 15 is 0 Å².